The Bertz CT molecular complexity index is 557. The predicted molar refractivity (Wildman–Crippen MR) is 73.8 cm³/mol. The number of hydrogen-bond donors (Lipinski definition) is 0. The van der Waals surface area contributed by atoms with Gasteiger partial charge in [-0.3, -0.25) is 0 Å². The van der Waals surface area contributed by atoms with Crippen molar-refractivity contribution in [3.63, 3.8) is 0 Å². The van der Waals surface area contributed by atoms with Gasteiger partial charge in [-0.1, -0.05) is 42.5 Å². The normalized spacial score (nSPS) is 11.4. The van der Waals surface area contributed by atoms with Crippen molar-refractivity contribution < 1.29 is 9.53 Å². The quantitative estimate of drug-likeness (QED) is 0.602. The lowest BCUT2D eigenvalue weighted by Crippen LogP contribution is -1.95. The lowest BCUT2D eigenvalue weighted by atomic mass is 10.1. The van der Waals surface area contributed by atoms with Crippen molar-refractivity contribution in [2.75, 3.05) is 0 Å². The van der Waals surface area contributed by atoms with E-state index in [1.807, 2.05) is 61.5 Å². The smallest absolute Gasteiger partial charge is 0.235 e. The second-order valence-corrected chi connectivity index (χ2v) is 4.24. The second kappa shape index (κ2) is 6.53. The molecule has 0 bridgehead atoms. The molecule has 0 unspecified atom stereocenters. The number of nitrogens with zero attached hydrogens (tertiary/aromatic N) is 1. The molecule has 0 saturated carbocycles. The van der Waals surface area contributed by atoms with Crippen LogP contribution >= 0.6 is 0 Å². The van der Waals surface area contributed by atoms with Crippen LogP contribution in [0, 0.1) is 0 Å². The second-order valence-electron chi connectivity index (χ2n) is 4.24. The maximum atomic E-state index is 10.2. The summed E-state index contributed by atoms with van der Waals surface area (Å²) in [5.41, 5.74) is 2.10. The Balaban J connectivity index is 1.97. The third-order valence-electron chi connectivity index (χ3n) is 2.86. The summed E-state index contributed by atoms with van der Waals surface area (Å²) in [6.07, 6.45) is 1.57. The van der Waals surface area contributed by atoms with Crippen molar-refractivity contribution in [3.05, 3.63) is 65.7 Å². The first kappa shape index (κ1) is 13.1. The van der Waals surface area contributed by atoms with E-state index in [0.717, 1.165) is 16.9 Å². The van der Waals surface area contributed by atoms with Gasteiger partial charge in [-0.25, -0.2) is 4.79 Å². The summed E-state index contributed by atoms with van der Waals surface area (Å²) in [4.78, 5) is 13.9. The number of isocyanates is 1. The third kappa shape index (κ3) is 3.80. The summed E-state index contributed by atoms with van der Waals surface area (Å²) in [6.45, 7) is 2.40. The van der Waals surface area contributed by atoms with E-state index in [9.17, 15) is 4.79 Å². The fourth-order valence-corrected chi connectivity index (χ4v) is 1.74. The number of rotatable bonds is 5. The summed E-state index contributed by atoms with van der Waals surface area (Å²) < 4.78 is 5.68. The van der Waals surface area contributed by atoms with Crippen molar-refractivity contribution in [1.29, 1.82) is 0 Å². The summed E-state index contributed by atoms with van der Waals surface area (Å²) in [6, 6.07) is 17.4. The fourth-order valence-electron chi connectivity index (χ4n) is 1.74. The SMILES string of the molecule is C[C@H](N=C=O)c1ccc(OCc2ccccc2)cc1. The van der Waals surface area contributed by atoms with Crippen LogP contribution in [0.15, 0.2) is 59.6 Å². The van der Waals surface area contributed by atoms with Gasteiger partial charge in [0, 0.05) is 0 Å². The van der Waals surface area contributed by atoms with Crippen molar-refractivity contribution >= 4 is 6.08 Å². The monoisotopic (exact) mass is 253 g/mol. The number of ether oxygens (including phenoxy) is 1. The van der Waals surface area contributed by atoms with Crippen LogP contribution in [0.3, 0.4) is 0 Å². The highest BCUT2D eigenvalue weighted by atomic mass is 16.5. The fraction of sp³-hybridized carbons (Fsp3) is 0.188. The van der Waals surface area contributed by atoms with Gasteiger partial charge in [-0.05, 0) is 30.2 Å². The molecule has 19 heavy (non-hydrogen) atoms. The Morgan fingerprint density at radius 3 is 2.42 bits per heavy atom. The number of carbonyl (C=O) groups excluding carboxylic acids is 1. The van der Waals surface area contributed by atoms with Crippen LogP contribution in [0.1, 0.15) is 24.1 Å². The molecule has 3 heteroatoms. The maximum Gasteiger partial charge on any atom is 0.235 e. The Morgan fingerprint density at radius 1 is 1.11 bits per heavy atom. The van der Waals surface area contributed by atoms with Gasteiger partial charge < -0.3 is 4.74 Å². The molecule has 0 saturated heterocycles. The van der Waals surface area contributed by atoms with Gasteiger partial charge in [0.2, 0.25) is 6.08 Å². The van der Waals surface area contributed by atoms with E-state index in [2.05, 4.69) is 4.99 Å². The molecule has 0 fully saturated rings. The largest absolute Gasteiger partial charge is 0.489 e. The van der Waals surface area contributed by atoms with Crippen molar-refractivity contribution in [2.24, 2.45) is 4.99 Å². The number of aliphatic imine (C=N–C) groups is 1. The minimum atomic E-state index is -0.166. The molecule has 0 aliphatic carbocycles. The van der Waals surface area contributed by atoms with Crippen LogP contribution in [-0.2, 0) is 11.4 Å². The van der Waals surface area contributed by atoms with E-state index in [1.54, 1.807) is 6.08 Å². The molecule has 0 aromatic heterocycles. The van der Waals surface area contributed by atoms with Crippen molar-refractivity contribution in [1.82, 2.24) is 0 Å². The first-order valence-electron chi connectivity index (χ1n) is 6.13. The van der Waals surface area contributed by atoms with Gasteiger partial charge in [0.25, 0.3) is 0 Å². The minimum absolute atomic E-state index is 0.166. The zero-order valence-corrected chi connectivity index (χ0v) is 10.7. The van der Waals surface area contributed by atoms with Crippen LogP contribution in [0.25, 0.3) is 0 Å². The molecule has 0 N–H and O–H groups in total. The van der Waals surface area contributed by atoms with Gasteiger partial charge >= 0.3 is 0 Å². The molecule has 0 radical (unpaired) electrons. The first-order valence-corrected chi connectivity index (χ1v) is 6.13. The molecule has 0 amide bonds. The number of hydrogen-bond acceptors (Lipinski definition) is 3. The first-order chi connectivity index (χ1) is 9.29. The predicted octanol–water partition coefficient (Wildman–Crippen LogP) is 3.66. The van der Waals surface area contributed by atoms with Gasteiger partial charge in [0.05, 0.1) is 6.04 Å². The topological polar surface area (TPSA) is 38.7 Å². The minimum Gasteiger partial charge on any atom is -0.489 e. The van der Waals surface area contributed by atoms with Crippen LogP contribution in [-0.4, -0.2) is 6.08 Å². The zero-order chi connectivity index (χ0) is 13.5. The molecule has 2 rings (SSSR count). The van der Waals surface area contributed by atoms with E-state index in [0.29, 0.717) is 6.61 Å². The summed E-state index contributed by atoms with van der Waals surface area (Å²) in [5.74, 6) is 0.801. The van der Waals surface area contributed by atoms with Crippen LogP contribution < -0.4 is 4.74 Å². The number of benzene rings is 2. The van der Waals surface area contributed by atoms with Crippen molar-refractivity contribution in [3.8, 4) is 5.75 Å². The standard InChI is InChI=1S/C16H15NO2/c1-13(17-12-18)15-7-9-16(10-8-15)19-11-14-5-3-2-4-6-14/h2-10,13H,11H2,1H3/t13-/m0/s1. The molecule has 0 aliphatic rings. The van der Waals surface area contributed by atoms with Crippen LogP contribution in [0.5, 0.6) is 5.75 Å². The van der Waals surface area contributed by atoms with E-state index in [1.165, 1.54) is 0 Å². The molecular formula is C16H15NO2. The molecular weight excluding hydrogens is 238 g/mol. The van der Waals surface area contributed by atoms with E-state index in [-0.39, 0.29) is 6.04 Å². The third-order valence-corrected chi connectivity index (χ3v) is 2.86. The molecule has 0 aliphatic heterocycles. The molecule has 96 valence electrons. The summed E-state index contributed by atoms with van der Waals surface area (Å²) in [7, 11) is 0. The lowest BCUT2D eigenvalue weighted by Gasteiger charge is -2.08. The highest BCUT2D eigenvalue weighted by Gasteiger charge is 2.03. The van der Waals surface area contributed by atoms with E-state index < -0.39 is 0 Å². The molecule has 3 nitrogen and oxygen atoms in total. The molecule has 0 spiro atoms. The zero-order valence-electron chi connectivity index (χ0n) is 10.7. The van der Waals surface area contributed by atoms with Crippen molar-refractivity contribution in [2.45, 2.75) is 19.6 Å². The highest BCUT2D eigenvalue weighted by molar-refractivity contribution is 5.36. The Kier molecular flexibility index (Phi) is 4.49. The average Bonchev–Trinajstić information content (AvgIpc) is 2.47. The Hall–Kier alpha value is -2.38. The van der Waals surface area contributed by atoms with E-state index >= 15 is 0 Å². The van der Waals surface area contributed by atoms with Crippen LogP contribution in [0.2, 0.25) is 0 Å². The highest BCUT2D eigenvalue weighted by Crippen LogP contribution is 2.20. The summed E-state index contributed by atoms with van der Waals surface area (Å²) >= 11 is 0. The molecule has 2 aromatic carbocycles. The van der Waals surface area contributed by atoms with Gasteiger partial charge in [0.1, 0.15) is 12.4 Å². The molecule has 0 heterocycles. The molecule has 1 atom stereocenters. The average molecular weight is 253 g/mol. The molecule has 2 aromatic rings. The summed E-state index contributed by atoms with van der Waals surface area (Å²) in [5, 5.41) is 0. The Morgan fingerprint density at radius 2 is 1.79 bits per heavy atom. The van der Waals surface area contributed by atoms with Gasteiger partial charge in [0.15, 0.2) is 0 Å². The Labute approximate surface area is 112 Å². The van der Waals surface area contributed by atoms with E-state index in [4.69, 9.17) is 4.74 Å². The van der Waals surface area contributed by atoms with Crippen LogP contribution in [0.4, 0.5) is 0 Å². The maximum absolute atomic E-state index is 10.2. The van der Waals surface area contributed by atoms with Gasteiger partial charge in [-0.15, -0.1) is 0 Å². The van der Waals surface area contributed by atoms with Gasteiger partial charge in [-0.2, -0.15) is 4.99 Å². The lowest BCUT2D eigenvalue weighted by molar-refractivity contribution is 0.306.